The highest BCUT2D eigenvalue weighted by molar-refractivity contribution is 5.56. The molecule has 0 aliphatic rings. The van der Waals surface area contributed by atoms with E-state index in [2.05, 4.69) is 12.1 Å². The summed E-state index contributed by atoms with van der Waals surface area (Å²) >= 11 is 0. The van der Waals surface area contributed by atoms with Crippen LogP contribution in [0.4, 0.5) is 0 Å². The number of hydrogen-bond donors (Lipinski definition) is 0. The largest absolute Gasteiger partial charge is 0.393 e. The zero-order valence-electron chi connectivity index (χ0n) is 6.13. The van der Waals surface area contributed by atoms with Gasteiger partial charge >= 0.3 is 0 Å². The van der Waals surface area contributed by atoms with Gasteiger partial charge in [-0.2, -0.15) is 0 Å². The van der Waals surface area contributed by atoms with Crippen LogP contribution in [0.5, 0.6) is 0 Å². The third kappa shape index (κ3) is 7.47. The van der Waals surface area contributed by atoms with E-state index in [4.69, 9.17) is 4.84 Å². The highest BCUT2D eigenvalue weighted by Crippen LogP contribution is 1.87. The molecule has 2 heteroatoms. The van der Waals surface area contributed by atoms with Crippen LogP contribution in [0.1, 0.15) is 26.7 Å². The van der Waals surface area contributed by atoms with E-state index in [0.717, 1.165) is 12.8 Å². The van der Waals surface area contributed by atoms with Crippen molar-refractivity contribution in [1.82, 2.24) is 0 Å². The molecule has 0 aliphatic heterocycles. The van der Waals surface area contributed by atoms with Crippen LogP contribution in [0.15, 0.2) is 5.16 Å². The van der Waals surface area contributed by atoms with E-state index in [9.17, 15) is 0 Å². The first kappa shape index (κ1) is 8.47. The third-order valence-corrected chi connectivity index (χ3v) is 0.679. The molecular weight excluding hydrogens is 114 g/mol. The van der Waals surface area contributed by atoms with Crippen LogP contribution in [0.25, 0.3) is 0 Å². The van der Waals surface area contributed by atoms with Crippen molar-refractivity contribution in [2.24, 2.45) is 5.16 Å². The maximum Gasteiger partial charge on any atom is 0.121 e. The summed E-state index contributed by atoms with van der Waals surface area (Å²) in [6.07, 6.45) is 3.70. The zero-order chi connectivity index (χ0) is 7.11. The molecule has 0 spiro atoms. The Morgan fingerprint density at radius 1 is 1.67 bits per heavy atom. The highest BCUT2D eigenvalue weighted by atomic mass is 16.6. The lowest BCUT2D eigenvalue weighted by atomic mass is 10.4. The van der Waals surface area contributed by atoms with Gasteiger partial charge in [0.05, 0.1) is 0 Å². The standard InChI is InChI=1S/C7H14NO/c1-4-5-6-8-9-7(2)3/h6-7H,1,4-5H2,2-3H3. The molecule has 53 valence electrons. The Bertz CT molecular complexity index is 79.0. The first-order chi connectivity index (χ1) is 4.27. The van der Waals surface area contributed by atoms with E-state index in [1.807, 2.05) is 13.8 Å². The fourth-order valence-electron chi connectivity index (χ4n) is 0.309. The minimum Gasteiger partial charge on any atom is -0.393 e. The first-order valence-electron chi connectivity index (χ1n) is 3.24. The summed E-state index contributed by atoms with van der Waals surface area (Å²) in [6.45, 7) is 7.55. The SMILES string of the molecule is [CH2]CCC=NOC(C)C. The van der Waals surface area contributed by atoms with Gasteiger partial charge in [-0.1, -0.05) is 12.1 Å². The molecule has 0 aromatic rings. The monoisotopic (exact) mass is 128 g/mol. The van der Waals surface area contributed by atoms with Crippen LogP contribution >= 0.6 is 0 Å². The number of oxime groups is 1. The molecule has 0 atom stereocenters. The molecular formula is C7H14NO. The minimum absolute atomic E-state index is 0.186. The molecule has 2 nitrogen and oxygen atoms in total. The van der Waals surface area contributed by atoms with Crippen molar-refractivity contribution in [1.29, 1.82) is 0 Å². The summed E-state index contributed by atoms with van der Waals surface area (Å²) in [6, 6.07) is 0. The molecule has 0 saturated carbocycles. The smallest absolute Gasteiger partial charge is 0.121 e. The molecule has 1 radical (unpaired) electrons. The van der Waals surface area contributed by atoms with Crippen LogP contribution < -0.4 is 0 Å². The second-order valence-corrected chi connectivity index (χ2v) is 2.08. The Morgan fingerprint density at radius 2 is 2.33 bits per heavy atom. The average molecular weight is 128 g/mol. The van der Waals surface area contributed by atoms with E-state index >= 15 is 0 Å². The van der Waals surface area contributed by atoms with E-state index in [0.29, 0.717) is 0 Å². The normalized spacial score (nSPS) is 11.1. The first-order valence-corrected chi connectivity index (χ1v) is 3.24. The van der Waals surface area contributed by atoms with Gasteiger partial charge in [-0.15, -0.1) is 0 Å². The van der Waals surface area contributed by atoms with Gasteiger partial charge in [0.2, 0.25) is 0 Å². The summed E-state index contributed by atoms with van der Waals surface area (Å²) in [5.74, 6) is 0. The van der Waals surface area contributed by atoms with E-state index in [-0.39, 0.29) is 6.10 Å². The maximum atomic E-state index is 4.89. The molecule has 0 fully saturated rings. The van der Waals surface area contributed by atoms with Gasteiger partial charge in [0.1, 0.15) is 6.10 Å². The van der Waals surface area contributed by atoms with Gasteiger partial charge in [0, 0.05) is 6.21 Å². The number of nitrogens with zero attached hydrogens (tertiary/aromatic N) is 1. The summed E-state index contributed by atoms with van der Waals surface area (Å²) in [7, 11) is 0. The van der Waals surface area contributed by atoms with Gasteiger partial charge in [-0.05, 0) is 26.7 Å². The van der Waals surface area contributed by atoms with Crippen LogP contribution in [0.2, 0.25) is 0 Å². The fraction of sp³-hybridized carbons (Fsp3) is 0.714. The molecule has 0 N–H and O–H groups in total. The summed E-state index contributed by atoms with van der Waals surface area (Å²) in [5, 5.41) is 3.70. The van der Waals surface area contributed by atoms with Crippen molar-refractivity contribution < 1.29 is 4.84 Å². The van der Waals surface area contributed by atoms with Gasteiger partial charge in [-0.3, -0.25) is 0 Å². The molecule has 0 heterocycles. The van der Waals surface area contributed by atoms with Crippen molar-refractivity contribution in [2.75, 3.05) is 0 Å². The lowest BCUT2D eigenvalue weighted by Gasteiger charge is -1.99. The van der Waals surface area contributed by atoms with Crippen molar-refractivity contribution in [2.45, 2.75) is 32.8 Å². The van der Waals surface area contributed by atoms with Gasteiger partial charge in [-0.25, -0.2) is 0 Å². The van der Waals surface area contributed by atoms with Gasteiger partial charge < -0.3 is 4.84 Å². The predicted molar refractivity (Wildman–Crippen MR) is 39.3 cm³/mol. The van der Waals surface area contributed by atoms with Crippen molar-refractivity contribution in [3.05, 3.63) is 6.92 Å². The molecule has 0 bridgehead atoms. The van der Waals surface area contributed by atoms with Crippen LogP contribution in [-0.4, -0.2) is 12.3 Å². The quantitative estimate of drug-likeness (QED) is 0.419. The number of rotatable bonds is 4. The molecule has 9 heavy (non-hydrogen) atoms. The Hall–Kier alpha value is -0.530. The number of unbranched alkanes of at least 4 members (excludes halogenated alkanes) is 1. The second-order valence-electron chi connectivity index (χ2n) is 2.08. The van der Waals surface area contributed by atoms with E-state index in [1.54, 1.807) is 6.21 Å². The third-order valence-electron chi connectivity index (χ3n) is 0.679. The van der Waals surface area contributed by atoms with E-state index in [1.165, 1.54) is 0 Å². The molecule has 0 amide bonds. The fourth-order valence-corrected chi connectivity index (χ4v) is 0.309. The topological polar surface area (TPSA) is 21.6 Å². The Labute approximate surface area is 56.9 Å². The van der Waals surface area contributed by atoms with Crippen LogP contribution in [0.3, 0.4) is 0 Å². The maximum absolute atomic E-state index is 4.89. The summed E-state index contributed by atoms with van der Waals surface area (Å²) in [5.41, 5.74) is 0. The van der Waals surface area contributed by atoms with Gasteiger partial charge in [0.15, 0.2) is 0 Å². The van der Waals surface area contributed by atoms with Crippen molar-refractivity contribution in [3.63, 3.8) is 0 Å². The van der Waals surface area contributed by atoms with E-state index < -0.39 is 0 Å². The zero-order valence-corrected chi connectivity index (χ0v) is 6.13. The lowest BCUT2D eigenvalue weighted by molar-refractivity contribution is 0.0868. The molecule has 0 aliphatic carbocycles. The molecule has 0 rings (SSSR count). The average Bonchev–Trinajstić information content (AvgIpc) is 1.80. The molecule has 0 aromatic carbocycles. The molecule has 0 unspecified atom stereocenters. The predicted octanol–water partition coefficient (Wildman–Crippen LogP) is 2.01. The summed E-state index contributed by atoms with van der Waals surface area (Å²) < 4.78 is 0. The number of hydrogen-bond acceptors (Lipinski definition) is 2. The van der Waals surface area contributed by atoms with Crippen molar-refractivity contribution in [3.8, 4) is 0 Å². The Kier molecular flexibility index (Phi) is 5.27. The van der Waals surface area contributed by atoms with Crippen LogP contribution in [0, 0.1) is 6.92 Å². The summed E-state index contributed by atoms with van der Waals surface area (Å²) in [4.78, 5) is 4.89. The highest BCUT2D eigenvalue weighted by Gasteiger charge is 1.85. The van der Waals surface area contributed by atoms with Crippen LogP contribution in [-0.2, 0) is 4.84 Å². The molecule has 0 saturated heterocycles. The van der Waals surface area contributed by atoms with Crippen molar-refractivity contribution >= 4 is 6.21 Å². The minimum atomic E-state index is 0.186. The Balaban J connectivity index is 3.04. The second kappa shape index (κ2) is 5.60. The molecule has 0 aromatic heterocycles. The lowest BCUT2D eigenvalue weighted by Crippen LogP contribution is -1.95. The van der Waals surface area contributed by atoms with Gasteiger partial charge in [0.25, 0.3) is 0 Å². The Morgan fingerprint density at radius 3 is 2.78 bits per heavy atom.